The van der Waals surface area contributed by atoms with Crippen LogP contribution in [0.1, 0.15) is 22.5 Å². The first-order valence-corrected chi connectivity index (χ1v) is 6.91. The van der Waals surface area contributed by atoms with Gasteiger partial charge in [0.2, 0.25) is 0 Å². The molecule has 0 aliphatic rings. The second-order valence-corrected chi connectivity index (χ2v) is 5.38. The first-order chi connectivity index (χ1) is 9.06. The summed E-state index contributed by atoms with van der Waals surface area (Å²) in [6, 6.07) is 5.97. The average Bonchev–Trinajstić information content (AvgIpc) is 2.64. The molecule has 0 radical (unpaired) electrons. The molecule has 2 N–H and O–H groups in total. The van der Waals surface area contributed by atoms with Crippen molar-refractivity contribution in [2.24, 2.45) is 5.73 Å². The van der Waals surface area contributed by atoms with E-state index in [1.807, 2.05) is 30.7 Å². The fourth-order valence-corrected chi connectivity index (χ4v) is 2.62. The molecule has 1 aromatic heterocycles. The van der Waals surface area contributed by atoms with E-state index in [0.717, 1.165) is 32.7 Å². The lowest BCUT2D eigenvalue weighted by atomic mass is 10.2. The second kappa shape index (κ2) is 5.75. The van der Waals surface area contributed by atoms with E-state index in [1.165, 1.54) is 0 Å². The first kappa shape index (κ1) is 14.1. The van der Waals surface area contributed by atoms with E-state index in [0.29, 0.717) is 13.1 Å². The topological polar surface area (TPSA) is 53.1 Å². The van der Waals surface area contributed by atoms with Crippen LogP contribution in [0.15, 0.2) is 22.7 Å². The van der Waals surface area contributed by atoms with Crippen LogP contribution >= 0.6 is 15.9 Å². The summed E-state index contributed by atoms with van der Waals surface area (Å²) in [5.41, 5.74) is 10.1. The molecule has 0 fully saturated rings. The molecule has 0 bridgehead atoms. The standard InChI is InChI=1S/C14H18BrN3O/c1-9-13(7-16)10(2)18(17-9)8-11-6-12(15)4-5-14(11)19-3/h4-6H,7-8,16H2,1-3H3. The summed E-state index contributed by atoms with van der Waals surface area (Å²) < 4.78 is 8.39. The Labute approximate surface area is 121 Å². The van der Waals surface area contributed by atoms with Crippen molar-refractivity contribution in [3.63, 3.8) is 0 Å². The van der Waals surface area contributed by atoms with Crippen molar-refractivity contribution in [3.8, 4) is 5.75 Å². The van der Waals surface area contributed by atoms with Crippen LogP contribution in [0.4, 0.5) is 0 Å². The molecule has 102 valence electrons. The highest BCUT2D eigenvalue weighted by Crippen LogP contribution is 2.24. The number of ether oxygens (including phenoxy) is 1. The molecule has 1 heterocycles. The maximum absolute atomic E-state index is 5.75. The summed E-state index contributed by atoms with van der Waals surface area (Å²) in [5.74, 6) is 0.866. The minimum absolute atomic E-state index is 0.521. The number of nitrogens with two attached hydrogens (primary N) is 1. The lowest BCUT2D eigenvalue weighted by Crippen LogP contribution is -2.06. The minimum Gasteiger partial charge on any atom is -0.496 e. The quantitative estimate of drug-likeness (QED) is 0.941. The van der Waals surface area contributed by atoms with Crippen LogP contribution in [-0.4, -0.2) is 16.9 Å². The van der Waals surface area contributed by atoms with Gasteiger partial charge in [-0.25, -0.2) is 0 Å². The Bertz CT molecular complexity index is 593. The van der Waals surface area contributed by atoms with Gasteiger partial charge in [0.05, 0.1) is 19.3 Å². The smallest absolute Gasteiger partial charge is 0.124 e. The molecule has 0 aliphatic carbocycles. The predicted molar refractivity (Wildman–Crippen MR) is 79.4 cm³/mol. The Morgan fingerprint density at radius 2 is 2.11 bits per heavy atom. The van der Waals surface area contributed by atoms with Gasteiger partial charge in [-0.3, -0.25) is 4.68 Å². The fraction of sp³-hybridized carbons (Fsp3) is 0.357. The zero-order valence-electron chi connectivity index (χ0n) is 11.4. The highest BCUT2D eigenvalue weighted by molar-refractivity contribution is 9.10. The number of aromatic nitrogens is 2. The molecule has 1 aromatic carbocycles. The lowest BCUT2D eigenvalue weighted by Gasteiger charge is -2.10. The first-order valence-electron chi connectivity index (χ1n) is 6.12. The Hall–Kier alpha value is -1.33. The Kier molecular flexibility index (Phi) is 4.27. The largest absolute Gasteiger partial charge is 0.496 e. The summed E-state index contributed by atoms with van der Waals surface area (Å²) in [5, 5.41) is 4.55. The third-order valence-electron chi connectivity index (χ3n) is 3.30. The van der Waals surface area contributed by atoms with Crippen molar-refractivity contribution in [1.82, 2.24) is 9.78 Å². The number of methoxy groups -OCH3 is 1. The van der Waals surface area contributed by atoms with Crippen LogP contribution in [0, 0.1) is 13.8 Å². The van der Waals surface area contributed by atoms with Crippen molar-refractivity contribution in [3.05, 3.63) is 45.2 Å². The van der Waals surface area contributed by atoms with Gasteiger partial charge >= 0.3 is 0 Å². The van der Waals surface area contributed by atoms with Crippen molar-refractivity contribution in [1.29, 1.82) is 0 Å². The Balaban J connectivity index is 2.38. The van der Waals surface area contributed by atoms with Gasteiger partial charge in [-0.15, -0.1) is 0 Å². The van der Waals surface area contributed by atoms with E-state index in [-0.39, 0.29) is 0 Å². The number of nitrogens with zero attached hydrogens (tertiary/aromatic N) is 2. The van der Waals surface area contributed by atoms with Crippen LogP contribution in [0.2, 0.25) is 0 Å². The molecule has 19 heavy (non-hydrogen) atoms. The van der Waals surface area contributed by atoms with Crippen LogP contribution in [0.3, 0.4) is 0 Å². The van der Waals surface area contributed by atoms with E-state index in [2.05, 4.69) is 27.1 Å². The van der Waals surface area contributed by atoms with E-state index >= 15 is 0 Å². The van der Waals surface area contributed by atoms with Crippen molar-refractivity contribution in [2.45, 2.75) is 26.9 Å². The molecule has 5 heteroatoms. The summed E-state index contributed by atoms with van der Waals surface area (Å²) in [6.45, 7) is 5.24. The van der Waals surface area contributed by atoms with Crippen molar-refractivity contribution >= 4 is 15.9 Å². The van der Waals surface area contributed by atoms with Crippen LogP contribution < -0.4 is 10.5 Å². The SMILES string of the molecule is COc1ccc(Br)cc1Cn1nc(C)c(CN)c1C. The van der Waals surface area contributed by atoms with Gasteiger partial charge in [-0.05, 0) is 32.0 Å². The molecular weight excluding hydrogens is 306 g/mol. The van der Waals surface area contributed by atoms with Gasteiger partial charge in [0.15, 0.2) is 0 Å². The van der Waals surface area contributed by atoms with E-state index in [1.54, 1.807) is 7.11 Å². The Morgan fingerprint density at radius 3 is 2.68 bits per heavy atom. The molecule has 2 aromatic rings. The summed E-state index contributed by atoms with van der Waals surface area (Å²) in [6.07, 6.45) is 0. The summed E-state index contributed by atoms with van der Waals surface area (Å²) >= 11 is 3.49. The van der Waals surface area contributed by atoms with Gasteiger partial charge in [-0.1, -0.05) is 15.9 Å². The van der Waals surface area contributed by atoms with Crippen molar-refractivity contribution < 1.29 is 4.74 Å². The molecule has 2 rings (SSSR count). The maximum Gasteiger partial charge on any atom is 0.124 e. The third kappa shape index (κ3) is 2.82. The number of benzene rings is 1. The van der Waals surface area contributed by atoms with Crippen molar-refractivity contribution in [2.75, 3.05) is 7.11 Å². The molecule has 0 amide bonds. The Morgan fingerprint density at radius 1 is 1.37 bits per heavy atom. The molecule has 4 nitrogen and oxygen atoms in total. The molecule has 0 spiro atoms. The van der Waals surface area contributed by atoms with E-state index in [4.69, 9.17) is 10.5 Å². The molecular formula is C14H18BrN3O. The number of hydrogen-bond acceptors (Lipinski definition) is 3. The highest BCUT2D eigenvalue weighted by atomic mass is 79.9. The predicted octanol–water partition coefficient (Wildman–Crippen LogP) is 2.78. The van der Waals surface area contributed by atoms with Gasteiger partial charge < -0.3 is 10.5 Å². The molecule has 0 aliphatic heterocycles. The van der Waals surface area contributed by atoms with Gasteiger partial charge in [-0.2, -0.15) is 5.10 Å². The van der Waals surface area contributed by atoms with E-state index in [9.17, 15) is 0 Å². The zero-order valence-corrected chi connectivity index (χ0v) is 13.0. The number of rotatable bonds is 4. The summed E-state index contributed by atoms with van der Waals surface area (Å²) in [7, 11) is 1.68. The molecule has 0 atom stereocenters. The van der Waals surface area contributed by atoms with E-state index < -0.39 is 0 Å². The number of hydrogen-bond donors (Lipinski definition) is 1. The number of halogens is 1. The summed E-state index contributed by atoms with van der Waals surface area (Å²) in [4.78, 5) is 0. The molecule has 0 unspecified atom stereocenters. The minimum atomic E-state index is 0.521. The van der Waals surface area contributed by atoms with Gasteiger partial charge in [0.25, 0.3) is 0 Å². The monoisotopic (exact) mass is 323 g/mol. The second-order valence-electron chi connectivity index (χ2n) is 4.47. The van der Waals surface area contributed by atoms with Gasteiger partial charge in [0.1, 0.15) is 5.75 Å². The normalized spacial score (nSPS) is 10.8. The third-order valence-corrected chi connectivity index (χ3v) is 3.79. The maximum atomic E-state index is 5.75. The molecule has 0 saturated carbocycles. The van der Waals surface area contributed by atoms with Crippen LogP contribution in [0.5, 0.6) is 5.75 Å². The fourth-order valence-electron chi connectivity index (χ4n) is 2.22. The number of aryl methyl sites for hydroxylation is 1. The van der Waals surface area contributed by atoms with Crippen LogP contribution in [-0.2, 0) is 13.1 Å². The average molecular weight is 324 g/mol. The van der Waals surface area contributed by atoms with Crippen LogP contribution in [0.25, 0.3) is 0 Å². The lowest BCUT2D eigenvalue weighted by molar-refractivity contribution is 0.407. The molecule has 0 saturated heterocycles. The van der Waals surface area contributed by atoms with Gasteiger partial charge in [0, 0.05) is 27.8 Å². The highest BCUT2D eigenvalue weighted by Gasteiger charge is 2.12. The zero-order chi connectivity index (χ0) is 14.0.